The molecule has 0 saturated carbocycles. The number of rotatable bonds is 5. The predicted octanol–water partition coefficient (Wildman–Crippen LogP) is 4.24. The summed E-state index contributed by atoms with van der Waals surface area (Å²) in [4.78, 5) is 28.9. The molecular weight excluding hydrogens is 466 g/mol. The monoisotopic (exact) mass is 495 g/mol. The fourth-order valence-corrected chi connectivity index (χ4v) is 4.92. The van der Waals surface area contributed by atoms with Gasteiger partial charge in [-0.25, -0.2) is 4.98 Å². The zero-order chi connectivity index (χ0) is 25.5. The van der Waals surface area contributed by atoms with Crippen LogP contribution in [0.5, 0.6) is 11.5 Å². The molecule has 5 aromatic rings. The van der Waals surface area contributed by atoms with Gasteiger partial charge < -0.3 is 35.6 Å². The van der Waals surface area contributed by atoms with Crippen LogP contribution in [0.2, 0.25) is 0 Å². The van der Waals surface area contributed by atoms with Crippen molar-refractivity contribution in [2.24, 2.45) is 0 Å². The number of H-pyrrole nitrogens is 2. The van der Waals surface area contributed by atoms with Gasteiger partial charge in [0, 0.05) is 38.9 Å². The van der Waals surface area contributed by atoms with E-state index >= 15 is 0 Å². The number of nitrogen functional groups attached to an aromatic ring is 1. The number of fused-ring (bicyclic) bond motifs is 2. The lowest BCUT2D eigenvalue weighted by molar-refractivity contribution is 0.313. The Morgan fingerprint density at radius 1 is 0.946 bits per heavy atom. The lowest BCUT2D eigenvalue weighted by Crippen LogP contribution is -2.44. The summed E-state index contributed by atoms with van der Waals surface area (Å²) in [5.74, 6) is 1.63. The van der Waals surface area contributed by atoms with Crippen LogP contribution in [0.25, 0.3) is 33.3 Å². The minimum Gasteiger partial charge on any atom is -0.454 e. The quantitative estimate of drug-likeness (QED) is 0.288. The van der Waals surface area contributed by atoms with E-state index < -0.39 is 0 Å². The molecule has 9 heteroatoms. The van der Waals surface area contributed by atoms with Crippen LogP contribution in [0.15, 0.2) is 65.5 Å². The number of nitrogens with two attached hydrogens (primary N) is 1. The van der Waals surface area contributed by atoms with Gasteiger partial charge in [-0.2, -0.15) is 0 Å². The highest BCUT2D eigenvalue weighted by atomic mass is 16.5. The molecule has 5 N–H and O–H groups in total. The van der Waals surface area contributed by atoms with Gasteiger partial charge in [0.1, 0.15) is 17.1 Å². The number of anilines is 3. The maximum Gasteiger partial charge on any atom is 0.261 e. The number of imidazole rings is 1. The number of hydrogen-bond acceptors (Lipinski definition) is 7. The number of hydrogen-bond donors (Lipinski definition) is 4. The molecular formula is C28H29N7O2. The van der Waals surface area contributed by atoms with Crippen molar-refractivity contribution in [2.45, 2.75) is 0 Å². The second-order valence-electron chi connectivity index (χ2n) is 9.35. The third-order valence-corrected chi connectivity index (χ3v) is 6.99. The summed E-state index contributed by atoms with van der Waals surface area (Å²) in [7, 11) is 3.98. The van der Waals surface area contributed by atoms with Crippen LogP contribution in [-0.4, -0.2) is 60.1 Å². The minimum atomic E-state index is -0.309. The summed E-state index contributed by atoms with van der Waals surface area (Å²) in [6.07, 6.45) is 0. The molecule has 0 atom stereocenters. The van der Waals surface area contributed by atoms with Gasteiger partial charge in [0.05, 0.1) is 33.3 Å². The largest absolute Gasteiger partial charge is 0.454 e. The van der Waals surface area contributed by atoms with Crippen LogP contribution in [0.1, 0.15) is 0 Å². The van der Waals surface area contributed by atoms with Crippen molar-refractivity contribution in [3.63, 3.8) is 0 Å². The molecule has 0 unspecified atom stereocenters. The molecule has 1 aliphatic rings. The first kappa shape index (κ1) is 22.9. The average Bonchev–Trinajstić information content (AvgIpc) is 3.32. The number of aromatic nitrogens is 3. The number of para-hydroxylation sites is 2. The Labute approximate surface area is 213 Å². The Hall–Kier alpha value is -4.50. The summed E-state index contributed by atoms with van der Waals surface area (Å²) in [5, 5.41) is 3.76. The van der Waals surface area contributed by atoms with E-state index in [1.165, 1.54) is 0 Å². The van der Waals surface area contributed by atoms with Crippen molar-refractivity contribution < 1.29 is 4.74 Å². The van der Waals surface area contributed by atoms with Gasteiger partial charge >= 0.3 is 0 Å². The van der Waals surface area contributed by atoms with E-state index in [1.54, 1.807) is 0 Å². The van der Waals surface area contributed by atoms with Gasteiger partial charge in [-0.1, -0.05) is 18.2 Å². The van der Waals surface area contributed by atoms with Crippen molar-refractivity contribution in [3.05, 3.63) is 71.0 Å². The molecule has 0 spiro atoms. The van der Waals surface area contributed by atoms with Crippen molar-refractivity contribution >= 4 is 39.0 Å². The van der Waals surface area contributed by atoms with Crippen LogP contribution in [-0.2, 0) is 0 Å². The first-order valence-electron chi connectivity index (χ1n) is 12.3. The van der Waals surface area contributed by atoms with E-state index in [0.29, 0.717) is 39.5 Å². The highest BCUT2D eigenvalue weighted by Crippen LogP contribution is 2.38. The van der Waals surface area contributed by atoms with E-state index in [0.717, 1.165) is 48.6 Å². The smallest absolute Gasteiger partial charge is 0.261 e. The number of ether oxygens (including phenoxy) is 1. The zero-order valence-electron chi connectivity index (χ0n) is 20.8. The van der Waals surface area contributed by atoms with Crippen molar-refractivity contribution in [1.29, 1.82) is 0 Å². The average molecular weight is 496 g/mol. The van der Waals surface area contributed by atoms with E-state index in [4.69, 9.17) is 15.5 Å². The van der Waals surface area contributed by atoms with E-state index in [1.807, 2.05) is 55.6 Å². The third-order valence-electron chi connectivity index (χ3n) is 6.99. The Kier molecular flexibility index (Phi) is 5.69. The third kappa shape index (κ3) is 4.13. The maximum absolute atomic E-state index is 13.2. The maximum atomic E-state index is 13.2. The summed E-state index contributed by atoms with van der Waals surface area (Å²) in [5.41, 5.74) is 11.2. The summed E-state index contributed by atoms with van der Waals surface area (Å²) in [6, 6.07) is 19.3. The Morgan fingerprint density at radius 3 is 2.54 bits per heavy atom. The number of piperazine rings is 1. The topological polar surface area (TPSA) is 115 Å². The minimum absolute atomic E-state index is 0.294. The van der Waals surface area contributed by atoms with Crippen LogP contribution in [0.3, 0.4) is 0 Å². The standard InChI is InChI=1S/C28H29N7O2/c1-30-19-6-3-4-8-22(19)37-23-9-5-7-20-24(23)26(29)25(28(36)33-20)27-31-18-11-10-17(16-21(18)32-27)35-14-12-34(2)13-15-35/h3-11,16,30H,12-15H2,1-2H3,(H,31,32)(H3,29,33,36). The first-order chi connectivity index (χ1) is 18.0. The SMILES string of the molecule is CNc1ccccc1Oc1cccc2[nH]c(=O)c(-c3nc4ccc(N5CCN(C)CC5)cc4[nH]3)c(N)c12. The molecule has 3 aromatic carbocycles. The molecule has 0 aliphatic carbocycles. The highest BCUT2D eigenvalue weighted by molar-refractivity contribution is 6.02. The number of aromatic amines is 2. The Morgan fingerprint density at radius 2 is 1.73 bits per heavy atom. The van der Waals surface area contributed by atoms with Crippen molar-refractivity contribution in [2.75, 3.05) is 56.2 Å². The van der Waals surface area contributed by atoms with Crippen LogP contribution in [0.4, 0.5) is 17.1 Å². The van der Waals surface area contributed by atoms with E-state index in [9.17, 15) is 4.79 Å². The van der Waals surface area contributed by atoms with Crippen LogP contribution in [0, 0.1) is 0 Å². The first-order valence-corrected chi connectivity index (χ1v) is 12.3. The second-order valence-corrected chi connectivity index (χ2v) is 9.35. The second kappa shape index (κ2) is 9.18. The number of nitrogens with zero attached hydrogens (tertiary/aromatic N) is 3. The number of benzene rings is 3. The molecule has 0 amide bonds. The fourth-order valence-electron chi connectivity index (χ4n) is 4.92. The molecule has 188 valence electrons. The van der Waals surface area contributed by atoms with Crippen LogP contribution >= 0.6 is 0 Å². The summed E-state index contributed by atoms with van der Waals surface area (Å²) < 4.78 is 6.27. The molecule has 1 fully saturated rings. The van der Waals surface area contributed by atoms with E-state index in [-0.39, 0.29) is 5.56 Å². The van der Waals surface area contributed by atoms with Crippen molar-refractivity contribution in [1.82, 2.24) is 19.9 Å². The van der Waals surface area contributed by atoms with Gasteiger partial charge in [-0.15, -0.1) is 0 Å². The molecule has 0 radical (unpaired) electrons. The van der Waals surface area contributed by atoms with Gasteiger partial charge in [0.15, 0.2) is 5.75 Å². The molecule has 37 heavy (non-hydrogen) atoms. The van der Waals surface area contributed by atoms with Gasteiger partial charge in [-0.05, 0) is 49.5 Å². The number of likely N-dealkylation sites (N-methyl/N-ethyl adjacent to an activating group) is 1. The fraction of sp³-hybridized carbons (Fsp3) is 0.214. The molecule has 0 bridgehead atoms. The molecule has 3 heterocycles. The van der Waals surface area contributed by atoms with Gasteiger partial charge in [0.2, 0.25) is 0 Å². The predicted molar refractivity (Wildman–Crippen MR) is 150 cm³/mol. The lowest BCUT2D eigenvalue weighted by atomic mass is 10.1. The zero-order valence-corrected chi connectivity index (χ0v) is 20.8. The molecule has 1 saturated heterocycles. The summed E-state index contributed by atoms with van der Waals surface area (Å²) in [6.45, 7) is 4.00. The normalized spacial score (nSPS) is 14.4. The van der Waals surface area contributed by atoms with Crippen molar-refractivity contribution in [3.8, 4) is 22.9 Å². The Balaban J connectivity index is 1.43. The molecule has 2 aromatic heterocycles. The molecule has 6 rings (SSSR count). The van der Waals surface area contributed by atoms with E-state index in [2.05, 4.69) is 44.3 Å². The molecule has 9 nitrogen and oxygen atoms in total. The van der Waals surface area contributed by atoms with Gasteiger partial charge in [0.25, 0.3) is 5.56 Å². The van der Waals surface area contributed by atoms with Gasteiger partial charge in [-0.3, -0.25) is 4.79 Å². The van der Waals surface area contributed by atoms with Crippen LogP contribution < -0.4 is 26.2 Å². The number of pyridine rings is 1. The molecule has 1 aliphatic heterocycles. The number of nitrogens with one attached hydrogen (secondary N) is 3. The Bertz CT molecular complexity index is 1670. The summed E-state index contributed by atoms with van der Waals surface area (Å²) >= 11 is 0. The highest BCUT2D eigenvalue weighted by Gasteiger charge is 2.20. The lowest BCUT2D eigenvalue weighted by Gasteiger charge is -2.34.